The molecular weight excluding hydrogens is 174 g/mol. The molecule has 4 heteroatoms. The lowest BCUT2D eigenvalue weighted by Gasteiger charge is -1.87. The number of hydrogen-bond acceptors (Lipinski definition) is 3. The zero-order chi connectivity index (χ0) is 9.14. The zero-order valence-electron chi connectivity index (χ0n) is 6.87. The Hall–Kier alpha value is -1.16. The van der Waals surface area contributed by atoms with E-state index in [1.807, 2.05) is 6.92 Å². The summed E-state index contributed by atoms with van der Waals surface area (Å²) in [6.07, 6.45) is 3.48. The van der Waals surface area contributed by atoms with Gasteiger partial charge in [-0.05, 0) is 19.9 Å². The lowest BCUT2D eigenvalue weighted by molar-refractivity contribution is 0.0701. The number of carboxylic acids is 1. The van der Waals surface area contributed by atoms with Gasteiger partial charge in [-0.3, -0.25) is 0 Å². The van der Waals surface area contributed by atoms with Crippen molar-refractivity contribution < 1.29 is 9.90 Å². The second kappa shape index (κ2) is 3.49. The monoisotopic (exact) mass is 183 g/mol. The van der Waals surface area contributed by atoms with Gasteiger partial charge in [0.05, 0.1) is 10.7 Å². The van der Waals surface area contributed by atoms with Crippen LogP contribution in [-0.2, 0) is 0 Å². The molecule has 1 heterocycles. The van der Waals surface area contributed by atoms with Crippen LogP contribution in [0.15, 0.2) is 6.08 Å². The molecule has 0 aromatic carbocycles. The van der Waals surface area contributed by atoms with Crippen LogP contribution in [0.5, 0.6) is 0 Å². The fraction of sp³-hybridized carbons (Fsp3) is 0.250. The van der Waals surface area contributed by atoms with Crippen LogP contribution >= 0.6 is 11.3 Å². The molecule has 1 rings (SSSR count). The summed E-state index contributed by atoms with van der Waals surface area (Å²) >= 11 is 1.20. The minimum Gasteiger partial charge on any atom is -0.477 e. The average Bonchev–Trinajstić information content (AvgIpc) is 2.32. The fourth-order valence-corrected chi connectivity index (χ4v) is 1.61. The fourth-order valence-electron chi connectivity index (χ4n) is 0.867. The van der Waals surface area contributed by atoms with Gasteiger partial charge in [0.1, 0.15) is 4.88 Å². The minimum atomic E-state index is -0.909. The van der Waals surface area contributed by atoms with Crippen molar-refractivity contribution >= 4 is 23.4 Å². The molecule has 3 nitrogen and oxygen atoms in total. The number of hydrogen-bond donors (Lipinski definition) is 1. The number of allylic oxidation sites excluding steroid dienone is 1. The number of carboxylic acid groups (broad SMARTS) is 1. The van der Waals surface area contributed by atoms with Crippen molar-refractivity contribution in [2.45, 2.75) is 13.8 Å². The maximum absolute atomic E-state index is 10.6. The number of rotatable bonds is 2. The minimum absolute atomic E-state index is 0.311. The number of thiazole rings is 1. The van der Waals surface area contributed by atoms with Crippen molar-refractivity contribution in [3.63, 3.8) is 0 Å². The van der Waals surface area contributed by atoms with Gasteiger partial charge in [-0.2, -0.15) is 0 Å². The quantitative estimate of drug-likeness (QED) is 0.764. The van der Waals surface area contributed by atoms with Gasteiger partial charge in [0.25, 0.3) is 0 Å². The van der Waals surface area contributed by atoms with E-state index in [9.17, 15) is 4.79 Å². The normalized spacial score (nSPS) is 10.8. The largest absolute Gasteiger partial charge is 0.477 e. The average molecular weight is 183 g/mol. The Morgan fingerprint density at radius 3 is 2.83 bits per heavy atom. The van der Waals surface area contributed by atoms with Gasteiger partial charge >= 0.3 is 5.97 Å². The second-order valence-electron chi connectivity index (χ2n) is 2.25. The van der Waals surface area contributed by atoms with E-state index in [0.717, 1.165) is 5.01 Å². The van der Waals surface area contributed by atoms with E-state index in [2.05, 4.69) is 4.98 Å². The molecule has 64 valence electrons. The van der Waals surface area contributed by atoms with Crippen LogP contribution in [0.2, 0.25) is 0 Å². The summed E-state index contributed by atoms with van der Waals surface area (Å²) in [5.74, 6) is -0.909. The highest BCUT2D eigenvalue weighted by atomic mass is 32.1. The van der Waals surface area contributed by atoms with E-state index >= 15 is 0 Å². The Labute approximate surface area is 74.4 Å². The molecule has 0 fully saturated rings. The van der Waals surface area contributed by atoms with E-state index < -0.39 is 5.97 Å². The van der Waals surface area contributed by atoms with E-state index in [4.69, 9.17) is 5.11 Å². The summed E-state index contributed by atoms with van der Waals surface area (Å²) in [6.45, 7) is 3.63. The SMILES string of the molecule is C/C=C/c1nc(C)sc1C(=O)O. The molecule has 12 heavy (non-hydrogen) atoms. The number of aryl methyl sites for hydroxylation is 1. The molecule has 0 spiro atoms. The topological polar surface area (TPSA) is 50.2 Å². The first-order valence-corrected chi connectivity index (χ1v) is 4.30. The predicted octanol–water partition coefficient (Wildman–Crippen LogP) is 2.18. The Bertz CT molecular complexity index is 328. The summed E-state index contributed by atoms with van der Waals surface area (Å²) in [7, 11) is 0. The van der Waals surface area contributed by atoms with E-state index in [1.54, 1.807) is 19.1 Å². The van der Waals surface area contributed by atoms with Crippen LogP contribution in [-0.4, -0.2) is 16.1 Å². The van der Waals surface area contributed by atoms with Crippen molar-refractivity contribution in [1.82, 2.24) is 4.98 Å². The maximum Gasteiger partial charge on any atom is 0.348 e. The summed E-state index contributed by atoms with van der Waals surface area (Å²) in [4.78, 5) is 15.0. The lowest BCUT2D eigenvalue weighted by atomic mass is 10.3. The van der Waals surface area contributed by atoms with Gasteiger partial charge in [-0.1, -0.05) is 6.08 Å². The Kier molecular flexibility index (Phi) is 2.60. The third-order valence-electron chi connectivity index (χ3n) is 1.28. The van der Waals surface area contributed by atoms with Crippen LogP contribution < -0.4 is 0 Å². The Morgan fingerprint density at radius 1 is 1.67 bits per heavy atom. The lowest BCUT2D eigenvalue weighted by Crippen LogP contribution is -1.94. The summed E-state index contributed by atoms with van der Waals surface area (Å²) in [5, 5.41) is 9.52. The third kappa shape index (κ3) is 1.71. The number of aromatic nitrogens is 1. The smallest absolute Gasteiger partial charge is 0.348 e. The van der Waals surface area contributed by atoms with Gasteiger partial charge in [0.15, 0.2) is 0 Å². The van der Waals surface area contributed by atoms with Crippen molar-refractivity contribution in [3.05, 3.63) is 21.7 Å². The molecule has 0 aliphatic rings. The van der Waals surface area contributed by atoms with E-state index in [1.165, 1.54) is 11.3 Å². The molecule has 0 saturated heterocycles. The highest BCUT2D eigenvalue weighted by Crippen LogP contribution is 2.18. The summed E-state index contributed by atoms with van der Waals surface area (Å²) < 4.78 is 0. The van der Waals surface area contributed by atoms with Crippen LogP contribution in [0, 0.1) is 6.92 Å². The predicted molar refractivity (Wildman–Crippen MR) is 48.5 cm³/mol. The molecule has 0 aliphatic carbocycles. The van der Waals surface area contributed by atoms with Crippen LogP contribution in [0.25, 0.3) is 6.08 Å². The van der Waals surface area contributed by atoms with E-state index in [-0.39, 0.29) is 0 Å². The van der Waals surface area contributed by atoms with Crippen molar-refractivity contribution in [3.8, 4) is 0 Å². The first kappa shape index (κ1) is 8.93. The van der Waals surface area contributed by atoms with Crippen molar-refractivity contribution in [2.24, 2.45) is 0 Å². The second-order valence-corrected chi connectivity index (χ2v) is 3.46. The molecule has 0 amide bonds. The molecule has 0 atom stereocenters. The third-order valence-corrected chi connectivity index (χ3v) is 2.25. The standard InChI is InChI=1S/C8H9NO2S/c1-3-4-6-7(8(10)11)12-5(2)9-6/h3-4H,1-2H3,(H,10,11)/b4-3+. The molecule has 0 unspecified atom stereocenters. The molecule has 0 bridgehead atoms. The van der Waals surface area contributed by atoms with Gasteiger partial charge in [0, 0.05) is 0 Å². The molecule has 0 aliphatic heterocycles. The van der Waals surface area contributed by atoms with Crippen LogP contribution in [0.1, 0.15) is 27.3 Å². The molecule has 1 N–H and O–H groups in total. The van der Waals surface area contributed by atoms with Crippen LogP contribution in [0.3, 0.4) is 0 Å². The zero-order valence-corrected chi connectivity index (χ0v) is 7.68. The highest BCUT2D eigenvalue weighted by molar-refractivity contribution is 7.13. The first-order valence-electron chi connectivity index (χ1n) is 3.48. The van der Waals surface area contributed by atoms with Gasteiger partial charge < -0.3 is 5.11 Å². The Morgan fingerprint density at radius 2 is 2.33 bits per heavy atom. The number of carbonyl (C=O) groups is 1. The van der Waals surface area contributed by atoms with E-state index in [0.29, 0.717) is 10.6 Å². The van der Waals surface area contributed by atoms with Crippen LogP contribution in [0.4, 0.5) is 0 Å². The number of nitrogens with zero attached hydrogens (tertiary/aromatic N) is 1. The highest BCUT2D eigenvalue weighted by Gasteiger charge is 2.12. The molecule has 0 saturated carbocycles. The van der Waals surface area contributed by atoms with Gasteiger partial charge in [-0.25, -0.2) is 9.78 Å². The maximum atomic E-state index is 10.6. The molecular formula is C8H9NO2S. The summed E-state index contributed by atoms with van der Waals surface area (Å²) in [6, 6.07) is 0. The van der Waals surface area contributed by atoms with Gasteiger partial charge in [0.2, 0.25) is 0 Å². The van der Waals surface area contributed by atoms with Crippen molar-refractivity contribution in [2.75, 3.05) is 0 Å². The number of aromatic carboxylic acids is 1. The summed E-state index contributed by atoms with van der Waals surface area (Å²) in [5.41, 5.74) is 0.549. The van der Waals surface area contributed by atoms with Gasteiger partial charge in [-0.15, -0.1) is 11.3 Å². The Balaban J connectivity index is 3.17. The van der Waals surface area contributed by atoms with Crippen molar-refractivity contribution in [1.29, 1.82) is 0 Å². The first-order chi connectivity index (χ1) is 5.65. The molecule has 1 aromatic rings. The molecule has 0 radical (unpaired) electrons. The molecule has 1 aromatic heterocycles.